The molecule has 3 aromatic rings. The Labute approximate surface area is 183 Å². The van der Waals surface area contributed by atoms with Crippen molar-refractivity contribution in [2.75, 3.05) is 19.0 Å². The second-order valence-corrected chi connectivity index (χ2v) is 7.14. The number of amides is 1. The number of Topliss-reactive ketones (excluding diaryl/α,β-unsaturated/α-hetero) is 1. The summed E-state index contributed by atoms with van der Waals surface area (Å²) in [5.41, 5.74) is 1.86. The standard InChI is InChI=1S/C23H23N3O6/c1-5-32-15-8-6-14(7-9-15)24-22(29)20(27)18(23(30)31-4)19-21(28)26-17-11-13(3)12(2)10-16(17)25-19/h6-11,18H,5H2,1-4H3,(H,24,29)(H,26,28)/t18-/m1/s1. The van der Waals surface area contributed by atoms with Crippen LogP contribution in [0.2, 0.25) is 0 Å². The third-order valence-corrected chi connectivity index (χ3v) is 4.95. The van der Waals surface area contributed by atoms with E-state index in [-0.39, 0.29) is 0 Å². The summed E-state index contributed by atoms with van der Waals surface area (Å²) in [6.07, 6.45) is 0. The Morgan fingerprint density at radius 2 is 1.75 bits per heavy atom. The smallest absolute Gasteiger partial charge is 0.323 e. The van der Waals surface area contributed by atoms with Crippen molar-refractivity contribution in [3.8, 4) is 5.75 Å². The SMILES string of the molecule is CCOc1ccc(NC(=O)C(=O)[C@H](C(=O)OC)c2nc3cc(C)c(C)cc3[nH]c2=O)cc1. The number of methoxy groups -OCH3 is 1. The number of benzene rings is 2. The number of nitrogens with one attached hydrogen (secondary N) is 2. The molecule has 3 rings (SSSR count). The summed E-state index contributed by atoms with van der Waals surface area (Å²) in [4.78, 5) is 57.4. The number of aromatic amines is 1. The zero-order valence-corrected chi connectivity index (χ0v) is 18.1. The highest BCUT2D eigenvalue weighted by Gasteiger charge is 2.37. The van der Waals surface area contributed by atoms with E-state index in [4.69, 9.17) is 9.47 Å². The molecule has 0 spiro atoms. The van der Waals surface area contributed by atoms with Crippen LogP contribution in [0.1, 0.15) is 29.7 Å². The van der Waals surface area contributed by atoms with Crippen LogP contribution in [0, 0.1) is 13.8 Å². The topological polar surface area (TPSA) is 127 Å². The van der Waals surface area contributed by atoms with Crippen LogP contribution in [0.4, 0.5) is 5.69 Å². The van der Waals surface area contributed by atoms with Crippen molar-refractivity contribution < 1.29 is 23.9 Å². The molecule has 2 aromatic carbocycles. The van der Waals surface area contributed by atoms with Crippen molar-refractivity contribution in [1.82, 2.24) is 9.97 Å². The Kier molecular flexibility index (Phi) is 6.67. The van der Waals surface area contributed by atoms with Crippen LogP contribution in [0.3, 0.4) is 0 Å². The molecule has 1 atom stereocenters. The van der Waals surface area contributed by atoms with Crippen molar-refractivity contribution in [2.24, 2.45) is 0 Å². The van der Waals surface area contributed by atoms with E-state index in [2.05, 4.69) is 15.3 Å². The van der Waals surface area contributed by atoms with Gasteiger partial charge >= 0.3 is 5.97 Å². The number of anilines is 1. The predicted octanol–water partition coefficient (Wildman–Crippen LogP) is 2.40. The van der Waals surface area contributed by atoms with Gasteiger partial charge in [-0.1, -0.05) is 0 Å². The molecule has 0 fully saturated rings. The summed E-state index contributed by atoms with van der Waals surface area (Å²) in [6.45, 7) is 6.07. The number of aromatic nitrogens is 2. The third-order valence-electron chi connectivity index (χ3n) is 4.95. The molecule has 0 saturated heterocycles. The number of carbonyl (C=O) groups is 3. The molecular weight excluding hydrogens is 414 g/mol. The Bertz CT molecular complexity index is 1250. The average Bonchev–Trinajstić information content (AvgIpc) is 2.77. The lowest BCUT2D eigenvalue weighted by Gasteiger charge is -2.14. The van der Waals surface area contributed by atoms with Gasteiger partial charge < -0.3 is 19.8 Å². The van der Waals surface area contributed by atoms with Crippen molar-refractivity contribution in [3.63, 3.8) is 0 Å². The van der Waals surface area contributed by atoms with Gasteiger partial charge in [0, 0.05) is 5.69 Å². The molecule has 0 radical (unpaired) electrons. The van der Waals surface area contributed by atoms with Gasteiger partial charge in [-0.2, -0.15) is 0 Å². The van der Waals surface area contributed by atoms with E-state index >= 15 is 0 Å². The first-order chi connectivity index (χ1) is 15.2. The summed E-state index contributed by atoms with van der Waals surface area (Å²) >= 11 is 0. The molecule has 9 heteroatoms. The van der Waals surface area contributed by atoms with Crippen LogP contribution in [0.15, 0.2) is 41.2 Å². The van der Waals surface area contributed by atoms with Gasteiger partial charge in [-0.15, -0.1) is 0 Å². The molecule has 2 N–H and O–H groups in total. The Balaban J connectivity index is 1.95. The minimum Gasteiger partial charge on any atom is -0.494 e. The Hall–Kier alpha value is -4.01. The highest BCUT2D eigenvalue weighted by Crippen LogP contribution is 2.21. The van der Waals surface area contributed by atoms with Crippen LogP contribution in [-0.2, 0) is 19.1 Å². The number of rotatable bonds is 7. The molecule has 9 nitrogen and oxygen atoms in total. The molecule has 0 unspecified atom stereocenters. The number of carbonyl (C=O) groups excluding carboxylic acids is 3. The Morgan fingerprint density at radius 3 is 2.38 bits per heavy atom. The van der Waals surface area contributed by atoms with Gasteiger partial charge in [0.25, 0.3) is 11.5 Å². The molecule has 1 amide bonds. The van der Waals surface area contributed by atoms with E-state index in [9.17, 15) is 19.2 Å². The lowest BCUT2D eigenvalue weighted by Crippen LogP contribution is -2.37. The van der Waals surface area contributed by atoms with Gasteiger partial charge in [0.15, 0.2) is 5.92 Å². The number of aryl methyl sites for hydroxylation is 2. The van der Waals surface area contributed by atoms with E-state index < -0.39 is 34.8 Å². The Morgan fingerprint density at radius 1 is 1.09 bits per heavy atom. The van der Waals surface area contributed by atoms with Crippen molar-refractivity contribution in [1.29, 1.82) is 0 Å². The molecule has 0 aliphatic carbocycles. The van der Waals surface area contributed by atoms with E-state index in [1.165, 1.54) is 0 Å². The van der Waals surface area contributed by atoms with Crippen molar-refractivity contribution in [3.05, 3.63) is 63.6 Å². The van der Waals surface area contributed by atoms with Gasteiger partial charge in [0.1, 0.15) is 11.4 Å². The molecule has 1 heterocycles. The largest absolute Gasteiger partial charge is 0.494 e. The van der Waals surface area contributed by atoms with Gasteiger partial charge in [-0.05, 0) is 68.3 Å². The molecule has 32 heavy (non-hydrogen) atoms. The second kappa shape index (κ2) is 9.42. The van der Waals surface area contributed by atoms with Crippen LogP contribution in [0.25, 0.3) is 11.0 Å². The number of fused-ring (bicyclic) bond motifs is 1. The number of hydrogen-bond acceptors (Lipinski definition) is 7. The fourth-order valence-corrected chi connectivity index (χ4v) is 3.14. The van der Waals surface area contributed by atoms with E-state index in [1.54, 1.807) is 36.4 Å². The normalized spacial score (nSPS) is 11.6. The lowest BCUT2D eigenvalue weighted by atomic mass is 9.99. The monoisotopic (exact) mass is 437 g/mol. The summed E-state index contributed by atoms with van der Waals surface area (Å²) < 4.78 is 10.0. The fourth-order valence-electron chi connectivity index (χ4n) is 3.14. The summed E-state index contributed by atoms with van der Waals surface area (Å²) in [6, 6.07) is 9.83. The quantitative estimate of drug-likeness (QED) is 0.330. The predicted molar refractivity (Wildman–Crippen MR) is 118 cm³/mol. The number of hydrogen-bond donors (Lipinski definition) is 2. The number of ketones is 1. The van der Waals surface area contributed by atoms with E-state index in [0.717, 1.165) is 18.2 Å². The lowest BCUT2D eigenvalue weighted by molar-refractivity contribution is -0.148. The van der Waals surface area contributed by atoms with Crippen LogP contribution in [-0.4, -0.2) is 41.3 Å². The second-order valence-electron chi connectivity index (χ2n) is 7.14. The molecule has 166 valence electrons. The van der Waals surface area contributed by atoms with E-state index in [1.807, 2.05) is 20.8 Å². The number of ether oxygens (including phenoxy) is 2. The average molecular weight is 437 g/mol. The van der Waals surface area contributed by atoms with Gasteiger partial charge in [-0.3, -0.25) is 19.2 Å². The minimum absolute atomic E-state index is 0.321. The van der Waals surface area contributed by atoms with Crippen LogP contribution < -0.4 is 15.6 Å². The van der Waals surface area contributed by atoms with Crippen molar-refractivity contribution in [2.45, 2.75) is 26.7 Å². The zero-order chi connectivity index (χ0) is 23.4. The van der Waals surface area contributed by atoms with Crippen LogP contribution in [0.5, 0.6) is 5.75 Å². The van der Waals surface area contributed by atoms with Crippen molar-refractivity contribution >= 4 is 34.4 Å². The first-order valence-corrected chi connectivity index (χ1v) is 9.92. The maximum atomic E-state index is 12.9. The molecule has 0 aliphatic heterocycles. The number of H-pyrrole nitrogens is 1. The molecule has 0 bridgehead atoms. The van der Waals surface area contributed by atoms with Crippen LogP contribution >= 0.6 is 0 Å². The molecule has 0 aliphatic rings. The third kappa shape index (κ3) is 4.66. The number of esters is 1. The summed E-state index contributed by atoms with van der Waals surface area (Å²) in [7, 11) is 1.07. The first kappa shape index (κ1) is 22.7. The number of nitrogens with zero attached hydrogens (tertiary/aromatic N) is 1. The zero-order valence-electron chi connectivity index (χ0n) is 18.1. The highest BCUT2D eigenvalue weighted by atomic mass is 16.5. The molecule has 1 aromatic heterocycles. The highest BCUT2D eigenvalue weighted by molar-refractivity contribution is 6.45. The van der Waals surface area contributed by atoms with E-state index in [0.29, 0.717) is 29.1 Å². The van der Waals surface area contributed by atoms with Gasteiger partial charge in [-0.25, -0.2) is 4.98 Å². The fraction of sp³-hybridized carbons (Fsp3) is 0.261. The maximum absolute atomic E-state index is 12.9. The molecular formula is C23H23N3O6. The first-order valence-electron chi connectivity index (χ1n) is 9.92. The van der Waals surface area contributed by atoms with Gasteiger partial charge in [0.05, 0.1) is 24.8 Å². The summed E-state index contributed by atoms with van der Waals surface area (Å²) in [5, 5.41) is 2.42. The van der Waals surface area contributed by atoms with Gasteiger partial charge in [0.2, 0.25) is 5.78 Å². The minimum atomic E-state index is -1.81. The molecule has 0 saturated carbocycles. The summed E-state index contributed by atoms with van der Waals surface area (Å²) in [5.74, 6) is -4.50. The maximum Gasteiger partial charge on any atom is 0.323 e.